The average molecular weight is 490 g/mol. The van der Waals surface area contributed by atoms with Crippen molar-refractivity contribution in [3.8, 4) is 11.8 Å². The molecule has 0 heterocycles. The number of halogens is 1. The summed E-state index contributed by atoms with van der Waals surface area (Å²) in [5.74, 6) is -1.94. The highest BCUT2D eigenvalue weighted by molar-refractivity contribution is 6.32. The van der Waals surface area contributed by atoms with Crippen molar-refractivity contribution in [3.63, 3.8) is 0 Å². The number of amides is 2. The summed E-state index contributed by atoms with van der Waals surface area (Å²) >= 11 is 6.25. The van der Waals surface area contributed by atoms with Crippen molar-refractivity contribution in [2.45, 2.75) is 6.92 Å². The third-order valence-electron chi connectivity index (χ3n) is 4.69. The number of anilines is 2. The van der Waals surface area contributed by atoms with Crippen LogP contribution in [-0.2, 0) is 9.59 Å². The first-order chi connectivity index (χ1) is 16.7. The van der Waals surface area contributed by atoms with Crippen LogP contribution >= 0.6 is 11.6 Å². The summed E-state index contributed by atoms with van der Waals surface area (Å²) in [5, 5.41) is 23.9. The first-order valence-corrected chi connectivity index (χ1v) is 10.7. The van der Waals surface area contributed by atoms with Gasteiger partial charge in [-0.3, -0.25) is 9.59 Å². The number of aryl methyl sites for hydroxylation is 1. The highest BCUT2D eigenvalue weighted by Crippen LogP contribution is 2.26. The molecule has 0 bridgehead atoms. The smallest absolute Gasteiger partial charge is 0.335 e. The normalized spacial score (nSPS) is 10.7. The Bertz CT molecular complexity index is 1340. The van der Waals surface area contributed by atoms with Crippen LogP contribution in [0.1, 0.15) is 21.5 Å². The van der Waals surface area contributed by atoms with Gasteiger partial charge in [-0.1, -0.05) is 41.4 Å². The van der Waals surface area contributed by atoms with E-state index in [1.807, 2.05) is 25.1 Å². The van der Waals surface area contributed by atoms with E-state index in [0.29, 0.717) is 11.3 Å². The Morgan fingerprint density at radius 2 is 1.77 bits per heavy atom. The molecule has 0 atom stereocenters. The molecule has 3 aromatic carbocycles. The van der Waals surface area contributed by atoms with Crippen LogP contribution in [0.3, 0.4) is 0 Å². The predicted octanol–water partition coefficient (Wildman–Crippen LogP) is 4.91. The minimum Gasteiger partial charge on any atom is -0.482 e. The molecule has 0 saturated carbocycles. The number of ether oxygens (including phenoxy) is 1. The molecule has 0 fully saturated rings. The fourth-order valence-corrected chi connectivity index (χ4v) is 3.19. The maximum atomic E-state index is 12.5. The molecule has 0 saturated heterocycles. The highest BCUT2D eigenvalue weighted by atomic mass is 35.5. The summed E-state index contributed by atoms with van der Waals surface area (Å²) in [6.07, 6.45) is 1.33. The van der Waals surface area contributed by atoms with Crippen molar-refractivity contribution in [3.05, 3.63) is 94.0 Å². The number of carbonyl (C=O) groups excluding carboxylic acids is 2. The van der Waals surface area contributed by atoms with E-state index in [0.717, 1.165) is 5.56 Å². The minimum absolute atomic E-state index is 0.000190. The molecule has 3 N–H and O–H groups in total. The van der Waals surface area contributed by atoms with E-state index in [-0.39, 0.29) is 40.1 Å². The van der Waals surface area contributed by atoms with Crippen molar-refractivity contribution in [1.82, 2.24) is 0 Å². The van der Waals surface area contributed by atoms with E-state index in [9.17, 15) is 19.6 Å². The van der Waals surface area contributed by atoms with Crippen molar-refractivity contribution >= 4 is 46.8 Å². The Labute approximate surface area is 206 Å². The summed E-state index contributed by atoms with van der Waals surface area (Å²) in [6.45, 7) is 1.69. The van der Waals surface area contributed by atoms with Crippen LogP contribution in [0.15, 0.2) is 72.3 Å². The maximum absolute atomic E-state index is 12.5. The molecule has 0 aliphatic carbocycles. The Morgan fingerprint density at radius 3 is 2.43 bits per heavy atom. The molecule has 0 aliphatic rings. The SMILES string of the molecule is Cc1ccc(NC(=O)COc2ccc(/C=C(/C#N)C(=O)Nc3cccc(C(=O)O)c3)cc2Cl)cc1. The number of benzene rings is 3. The van der Waals surface area contributed by atoms with Crippen molar-refractivity contribution in [1.29, 1.82) is 5.26 Å². The zero-order chi connectivity index (χ0) is 25.4. The first kappa shape index (κ1) is 25.0. The van der Waals surface area contributed by atoms with Gasteiger partial charge in [-0.15, -0.1) is 0 Å². The molecule has 8 nitrogen and oxygen atoms in total. The largest absolute Gasteiger partial charge is 0.482 e. The van der Waals surface area contributed by atoms with Gasteiger partial charge in [0.25, 0.3) is 11.8 Å². The number of carboxylic acids is 1. The molecule has 9 heteroatoms. The number of hydrogen-bond donors (Lipinski definition) is 3. The molecule has 3 rings (SSSR count). The average Bonchev–Trinajstić information content (AvgIpc) is 2.83. The number of nitriles is 1. The Balaban J connectivity index is 1.64. The zero-order valence-corrected chi connectivity index (χ0v) is 19.3. The number of nitrogens with zero attached hydrogens (tertiary/aromatic N) is 1. The van der Waals surface area contributed by atoms with E-state index >= 15 is 0 Å². The van der Waals surface area contributed by atoms with Crippen LogP contribution < -0.4 is 15.4 Å². The van der Waals surface area contributed by atoms with Crippen LogP contribution in [0.25, 0.3) is 6.08 Å². The molecule has 0 aliphatic heterocycles. The van der Waals surface area contributed by atoms with Crippen LogP contribution in [0.5, 0.6) is 5.75 Å². The fraction of sp³-hybridized carbons (Fsp3) is 0.0769. The molecule has 0 radical (unpaired) electrons. The molecule has 35 heavy (non-hydrogen) atoms. The predicted molar refractivity (Wildman–Crippen MR) is 132 cm³/mol. The van der Waals surface area contributed by atoms with Crippen molar-refractivity contribution in [2.24, 2.45) is 0 Å². The molecule has 0 aromatic heterocycles. The van der Waals surface area contributed by atoms with E-state index in [1.165, 1.54) is 42.5 Å². The Morgan fingerprint density at radius 1 is 1.03 bits per heavy atom. The first-order valence-electron chi connectivity index (χ1n) is 10.3. The summed E-state index contributed by atoms with van der Waals surface area (Å²) in [6, 6.07) is 19.4. The van der Waals surface area contributed by atoms with Crippen LogP contribution in [0.2, 0.25) is 5.02 Å². The number of carbonyl (C=O) groups is 3. The van der Waals surface area contributed by atoms with Gasteiger partial charge in [0.15, 0.2) is 6.61 Å². The third-order valence-corrected chi connectivity index (χ3v) is 4.99. The fourth-order valence-electron chi connectivity index (χ4n) is 2.94. The topological polar surface area (TPSA) is 129 Å². The molecule has 0 unspecified atom stereocenters. The second kappa shape index (κ2) is 11.5. The molecular formula is C26H20ClN3O5. The summed E-state index contributed by atoms with van der Waals surface area (Å²) in [7, 11) is 0. The van der Waals surface area contributed by atoms with Gasteiger partial charge in [0, 0.05) is 11.4 Å². The lowest BCUT2D eigenvalue weighted by Crippen LogP contribution is -2.20. The van der Waals surface area contributed by atoms with Crippen LogP contribution in [0.4, 0.5) is 11.4 Å². The number of hydrogen-bond acceptors (Lipinski definition) is 5. The number of aromatic carboxylic acids is 1. The van der Waals surface area contributed by atoms with Gasteiger partial charge < -0.3 is 20.5 Å². The van der Waals surface area contributed by atoms with E-state index < -0.39 is 11.9 Å². The van der Waals surface area contributed by atoms with Crippen molar-refractivity contribution < 1.29 is 24.2 Å². The monoisotopic (exact) mass is 489 g/mol. The van der Waals surface area contributed by atoms with Crippen LogP contribution in [-0.4, -0.2) is 29.5 Å². The number of rotatable bonds is 8. The maximum Gasteiger partial charge on any atom is 0.335 e. The lowest BCUT2D eigenvalue weighted by atomic mass is 10.1. The standard InChI is InChI=1S/C26H20ClN3O5/c1-16-5-8-20(9-6-16)29-24(31)15-35-23-10-7-17(12-22(23)27)11-19(14-28)25(32)30-21-4-2-3-18(13-21)26(33)34/h2-13H,15H2,1H3,(H,29,31)(H,30,32)(H,33,34)/b19-11-. The van der Waals surface area contributed by atoms with Gasteiger partial charge in [-0.2, -0.15) is 5.26 Å². The quantitative estimate of drug-likeness (QED) is 0.304. The van der Waals surface area contributed by atoms with E-state index in [2.05, 4.69) is 10.6 Å². The summed E-state index contributed by atoms with van der Waals surface area (Å²) in [4.78, 5) is 35.7. The zero-order valence-electron chi connectivity index (χ0n) is 18.5. The Hall–Kier alpha value is -4.61. The van der Waals surface area contributed by atoms with Gasteiger partial charge >= 0.3 is 5.97 Å². The highest BCUT2D eigenvalue weighted by Gasteiger charge is 2.12. The van der Waals surface area contributed by atoms with E-state index in [1.54, 1.807) is 18.2 Å². The lowest BCUT2D eigenvalue weighted by molar-refractivity contribution is -0.118. The second-order valence-corrected chi connectivity index (χ2v) is 7.81. The van der Waals surface area contributed by atoms with E-state index in [4.69, 9.17) is 21.4 Å². The van der Waals surface area contributed by atoms with Gasteiger partial charge in [0.1, 0.15) is 17.4 Å². The summed E-state index contributed by atoms with van der Waals surface area (Å²) < 4.78 is 5.48. The van der Waals surface area contributed by atoms with Crippen LogP contribution in [0, 0.1) is 18.3 Å². The molecule has 0 spiro atoms. The number of carboxylic acid groups (broad SMARTS) is 1. The second-order valence-electron chi connectivity index (χ2n) is 7.40. The molecule has 176 valence electrons. The van der Waals surface area contributed by atoms with Gasteiger partial charge in [0.05, 0.1) is 10.6 Å². The van der Waals surface area contributed by atoms with Gasteiger partial charge in [-0.05, 0) is 61.0 Å². The lowest BCUT2D eigenvalue weighted by Gasteiger charge is -2.10. The van der Waals surface area contributed by atoms with Gasteiger partial charge in [0.2, 0.25) is 0 Å². The molecular weight excluding hydrogens is 470 g/mol. The Kier molecular flexibility index (Phi) is 8.22. The molecule has 2 amide bonds. The number of nitrogens with one attached hydrogen (secondary N) is 2. The van der Waals surface area contributed by atoms with Crippen molar-refractivity contribution in [2.75, 3.05) is 17.2 Å². The molecule has 3 aromatic rings. The van der Waals surface area contributed by atoms with Gasteiger partial charge in [-0.25, -0.2) is 4.79 Å². The third kappa shape index (κ3) is 7.19. The minimum atomic E-state index is -1.14. The summed E-state index contributed by atoms with van der Waals surface area (Å²) in [5.41, 5.74) is 2.20.